The van der Waals surface area contributed by atoms with Crippen molar-refractivity contribution >= 4 is 24.0 Å². The summed E-state index contributed by atoms with van der Waals surface area (Å²) in [6.07, 6.45) is 3.44. The Morgan fingerprint density at radius 3 is 2.22 bits per heavy atom. The highest BCUT2D eigenvalue weighted by atomic mass is 16.6. The summed E-state index contributed by atoms with van der Waals surface area (Å²) in [5.74, 6) is -1.35. The predicted octanol–water partition coefficient (Wildman–Crippen LogP) is 3.34. The lowest BCUT2D eigenvalue weighted by atomic mass is 10.2. The molecule has 0 unspecified atom stereocenters. The van der Waals surface area contributed by atoms with Crippen LogP contribution in [-0.2, 0) is 25.5 Å². The number of carbonyl (C=O) groups is 3. The zero-order valence-corrected chi connectivity index (χ0v) is 15.1. The van der Waals surface area contributed by atoms with Crippen LogP contribution in [0.25, 0.3) is 6.08 Å². The molecule has 0 aromatic heterocycles. The molecule has 0 saturated heterocycles. The van der Waals surface area contributed by atoms with E-state index in [1.54, 1.807) is 6.07 Å². The lowest BCUT2D eigenvalue weighted by molar-refractivity contribution is -0.137. The lowest BCUT2D eigenvalue weighted by Gasteiger charge is -2.09. The van der Waals surface area contributed by atoms with E-state index in [4.69, 9.17) is 14.2 Å². The first-order chi connectivity index (χ1) is 12.9. The van der Waals surface area contributed by atoms with E-state index < -0.39 is 17.9 Å². The first-order valence-corrected chi connectivity index (χ1v) is 8.33. The van der Waals surface area contributed by atoms with E-state index in [0.717, 1.165) is 5.56 Å². The van der Waals surface area contributed by atoms with Crippen molar-refractivity contribution in [3.05, 3.63) is 65.7 Å². The van der Waals surface area contributed by atoms with E-state index in [1.807, 2.05) is 30.3 Å². The number of carbonyl (C=O) groups excluding carboxylic acids is 3. The highest BCUT2D eigenvalue weighted by Gasteiger charge is 2.10. The number of benzene rings is 2. The summed E-state index contributed by atoms with van der Waals surface area (Å²) in [5.41, 5.74) is 1.67. The average Bonchev–Trinajstić information content (AvgIpc) is 2.62. The zero-order chi connectivity index (χ0) is 19.6. The van der Waals surface area contributed by atoms with Gasteiger partial charge in [0.15, 0.2) is 11.5 Å². The van der Waals surface area contributed by atoms with Crippen molar-refractivity contribution in [2.24, 2.45) is 0 Å². The van der Waals surface area contributed by atoms with Gasteiger partial charge in [-0.3, -0.25) is 9.59 Å². The maximum atomic E-state index is 11.8. The molecule has 0 bridgehead atoms. The normalized spacial score (nSPS) is 10.4. The van der Waals surface area contributed by atoms with Gasteiger partial charge < -0.3 is 14.2 Å². The van der Waals surface area contributed by atoms with Gasteiger partial charge in [-0.05, 0) is 29.3 Å². The quantitative estimate of drug-likeness (QED) is 0.424. The third-order valence-corrected chi connectivity index (χ3v) is 3.36. The van der Waals surface area contributed by atoms with Crippen LogP contribution >= 0.6 is 0 Å². The van der Waals surface area contributed by atoms with Crippen molar-refractivity contribution in [1.82, 2.24) is 0 Å². The van der Waals surface area contributed by atoms with Gasteiger partial charge in [0.25, 0.3) is 0 Å². The van der Waals surface area contributed by atoms with Crippen LogP contribution in [0.3, 0.4) is 0 Å². The van der Waals surface area contributed by atoms with Crippen molar-refractivity contribution < 1.29 is 28.6 Å². The molecule has 0 N–H and O–H groups in total. The van der Waals surface area contributed by atoms with E-state index >= 15 is 0 Å². The Kier molecular flexibility index (Phi) is 7.31. The standard InChI is InChI=1S/C21H20O6/c1-15(22)26-19-10-8-18(14-20(19)27-16(2)23)9-11-21(24)25-13-12-17-6-4-3-5-7-17/h3-11,14H,12-13H2,1-2H3/b11-9+. The third kappa shape index (κ3) is 7.15. The predicted molar refractivity (Wildman–Crippen MR) is 99.2 cm³/mol. The van der Waals surface area contributed by atoms with Crippen LogP contribution in [0.4, 0.5) is 0 Å². The summed E-state index contributed by atoms with van der Waals surface area (Å²) in [6, 6.07) is 14.3. The molecule has 27 heavy (non-hydrogen) atoms. The van der Waals surface area contributed by atoms with Gasteiger partial charge in [0.05, 0.1) is 6.61 Å². The lowest BCUT2D eigenvalue weighted by Crippen LogP contribution is -2.07. The molecule has 2 aromatic rings. The van der Waals surface area contributed by atoms with Gasteiger partial charge >= 0.3 is 17.9 Å². The molecule has 0 spiro atoms. The van der Waals surface area contributed by atoms with Gasteiger partial charge in [-0.25, -0.2) is 4.79 Å². The largest absolute Gasteiger partial charge is 0.462 e. The van der Waals surface area contributed by atoms with Gasteiger partial charge in [0, 0.05) is 26.3 Å². The van der Waals surface area contributed by atoms with Gasteiger partial charge in [-0.1, -0.05) is 36.4 Å². The van der Waals surface area contributed by atoms with Crippen molar-refractivity contribution in [3.63, 3.8) is 0 Å². The van der Waals surface area contributed by atoms with E-state index in [-0.39, 0.29) is 18.1 Å². The Bertz CT molecular complexity index is 839. The van der Waals surface area contributed by atoms with Crippen LogP contribution < -0.4 is 9.47 Å². The van der Waals surface area contributed by atoms with Crippen molar-refractivity contribution in [3.8, 4) is 11.5 Å². The first-order valence-electron chi connectivity index (χ1n) is 8.33. The number of hydrogen-bond acceptors (Lipinski definition) is 6. The smallest absolute Gasteiger partial charge is 0.330 e. The molecule has 0 aliphatic carbocycles. The number of ether oxygens (including phenoxy) is 3. The maximum Gasteiger partial charge on any atom is 0.330 e. The van der Waals surface area contributed by atoms with Crippen molar-refractivity contribution in [2.45, 2.75) is 20.3 Å². The molecule has 0 saturated carbocycles. The molecule has 0 aliphatic heterocycles. The number of hydrogen-bond donors (Lipinski definition) is 0. The minimum absolute atomic E-state index is 0.0947. The molecule has 2 aromatic carbocycles. The zero-order valence-electron chi connectivity index (χ0n) is 15.1. The van der Waals surface area contributed by atoms with E-state index in [0.29, 0.717) is 12.0 Å². The van der Waals surface area contributed by atoms with Crippen LogP contribution in [0.2, 0.25) is 0 Å². The monoisotopic (exact) mass is 368 g/mol. The van der Waals surface area contributed by atoms with Crippen LogP contribution in [0.15, 0.2) is 54.6 Å². The second kappa shape index (κ2) is 9.91. The Balaban J connectivity index is 1.97. The second-order valence-corrected chi connectivity index (χ2v) is 5.63. The summed E-state index contributed by atoms with van der Waals surface area (Å²) in [4.78, 5) is 34.1. The highest BCUT2D eigenvalue weighted by molar-refractivity contribution is 5.87. The molecular weight excluding hydrogens is 348 g/mol. The Hall–Kier alpha value is -3.41. The molecule has 0 aliphatic rings. The van der Waals surface area contributed by atoms with Gasteiger partial charge in [-0.15, -0.1) is 0 Å². The fourth-order valence-electron chi connectivity index (χ4n) is 2.23. The Labute approximate surface area is 157 Å². The molecular formula is C21H20O6. The second-order valence-electron chi connectivity index (χ2n) is 5.63. The summed E-state index contributed by atoms with van der Waals surface area (Å²) in [7, 11) is 0. The van der Waals surface area contributed by atoms with Gasteiger partial charge in [0.2, 0.25) is 0 Å². The molecule has 0 radical (unpaired) electrons. The molecule has 0 fully saturated rings. The van der Waals surface area contributed by atoms with Crippen LogP contribution in [0, 0.1) is 0 Å². The number of rotatable bonds is 7. The minimum atomic E-state index is -0.551. The Morgan fingerprint density at radius 2 is 1.56 bits per heavy atom. The molecule has 0 atom stereocenters. The fraction of sp³-hybridized carbons (Fsp3) is 0.190. The summed E-state index contributed by atoms with van der Waals surface area (Å²) < 4.78 is 15.2. The first kappa shape index (κ1) is 19.9. The summed E-state index contributed by atoms with van der Waals surface area (Å²) in [5, 5.41) is 0. The van der Waals surface area contributed by atoms with E-state index in [1.165, 1.54) is 38.1 Å². The van der Waals surface area contributed by atoms with Crippen LogP contribution in [-0.4, -0.2) is 24.5 Å². The average molecular weight is 368 g/mol. The minimum Gasteiger partial charge on any atom is -0.462 e. The van der Waals surface area contributed by atoms with Gasteiger partial charge in [-0.2, -0.15) is 0 Å². The summed E-state index contributed by atoms with van der Waals surface area (Å²) >= 11 is 0. The van der Waals surface area contributed by atoms with Crippen LogP contribution in [0.5, 0.6) is 11.5 Å². The maximum absolute atomic E-state index is 11.8. The highest BCUT2D eigenvalue weighted by Crippen LogP contribution is 2.29. The van der Waals surface area contributed by atoms with Crippen molar-refractivity contribution in [2.75, 3.05) is 6.61 Å². The Morgan fingerprint density at radius 1 is 0.889 bits per heavy atom. The van der Waals surface area contributed by atoms with Gasteiger partial charge in [0.1, 0.15) is 0 Å². The van der Waals surface area contributed by atoms with E-state index in [2.05, 4.69) is 0 Å². The molecule has 2 rings (SSSR count). The molecule has 6 heteroatoms. The SMILES string of the molecule is CC(=O)Oc1ccc(/C=C/C(=O)OCCc2ccccc2)cc1OC(C)=O. The summed E-state index contributed by atoms with van der Waals surface area (Å²) in [6.45, 7) is 2.76. The number of esters is 3. The molecule has 140 valence electrons. The molecule has 6 nitrogen and oxygen atoms in total. The molecule has 0 amide bonds. The fourth-order valence-corrected chi connectivity index (χ4v) is 2.23. The molecule has 0 heterocycles. The van der Waals surface area contributed by atoms with Crippen molar-refractivity contribution in [1.29, 1.82) is 0 Å². The third-order valence-electron chi connectivity index (χ3n) is 3.36. The van der Waals surface area contributed by atoms with E-state index in [9.17, 15) is 14.4 Å². The topological polar surface area (TPSA) is 78.9 Å². The van der Waals surface area contributed by atoms with Crippen LogP contribution in [0.1, 0.15) is 25.0 Å².